The Kier molecular flexibility index (Phi) is 5.40. The van der Waals surface area contributed by atoms with Gasteiger partial charge in [0.1, 0.15) is 0 Å². The van der Waals surface area contributed by atoms with Gasteiger partial charge in [0.05, 0.1) is 13.2 Å². The second kappa shape index (κ2) is 6.36. The first-order chi connectivity index (χ1) is 8.03. The summed E-state index contributed by atoms with van der Waals surface area (Å²) in [6.07, 6.45) is 3.21. The largest absolute Gasteiger partial charge is 0.395 e. The van der Waals surface area contributed by atoms with Crippen LogP contribution in [-0.4, -0.2) is 49.3 Å². The number of methoxy groups -OCH3 is 1. The number of ether oxygens (including phenoxy) is 1. The van der Waals surface area contributed by atoms with Gasteiger partial charge in [-0.2, -0.15) is 0 Å². The van der Waals surface area contributed by atoms with Crippen molar-refractivity contribution in [1.29, 1.82) is 0 Å². The van der Waals surface area contributed by atoms with Crippen LogP contribution in [0.15, 0.2) is 0 Å². The summed E-state index contributed by atoms with van der Waals surface area (Å²) >= 11 is 0. The fraction of sp³-hybridized carbons (Fsp3) is 0.923. The van der Waals surface area contributed by atoms with Crippen molar-refractivity contribution in [1.82, 2.24) is 4.90 Å². The molecule has 0 aliphatic heterocycles. The average molecular weight is 243 g/mol. The van der Waals surface area contributed by atoms with Crippen molar-refractivity contribution in [2.24, 2.45) is 11.3 Å². The molecule has 1 fully saturated rings. The Labute approximate surface area is 104 Å². The fourth-order valence-corrected chi connectivity index (χ4v) is 2.66. The third-order valence-electron chi connectivity index (χ3n) is 3.80. The van der Waals surface area contributed by atoms with Crippen molar-refractivity contribution in [3.05, 3.63) is 0 Å². The maximum atomic E-state index is 12.4. The van der Waals surface area contributed by atoms with Crippen molar-refractivity contribution >= 4 is 5.91 Å². The summed E-state index contributed by atoms with van der Waals surface area (Å²) in [5.41, 5.74) is 0.0951. The number of carbonyl (C=O) groups excluding carboxylic acids is 1. The lowest BCUT2D eigenvalue weighted by Gasteiger charge is -2.31. The van der Waals surface area contributed by atoms with Gasteiger partial charge in [-0.1, -0.05) is 20.3 Å². The van der Waals surface area contributed by atoms with Gasteiger partial charge in [0, 0.05) is 26.1 Å². The first-order valence-electron chi connectivity index (χ1n) is 6.41. The van der Waals surface area contributed by atoms with Gasteiger partial charge in [-0.3, -0.25) is 4.79 Å². The van der Waals surface area contributed by atoms with Gasteiger partial charge < -0.3 is 14.7 Å². The Morgan fingerprint density at radius 1 is 1.47 bits per heavy atom. The van der Waals surface area contributed by atoms with Crippen LogP contribution in [0.4, 0.5) is 0 Å². The first kappa shape index (κ1) is 14.5. The number of hydrogen-bond acceptors (Lipinski definition) is 3. The third kappa shape index (κ3) is 3.68. The Hall–Kier alpha value is -0.610. The molecule has 1 N–H and O–H groups in total. The van der Waals surface area contributed by atoms with Crippen LogP contribution >= 0.6 is 0 Å². The number of aliphatic hydroxyl groups excluding tert-OH is 1. The molecule has 1 rings (SSSR count). The summed E-state index contributed by atoms with van der Waals surface area (Å²) in [6, 6.07) is 0. The predicted molar refractivity (Wildman–Crippen MR) is 66.7 cm³/mol. The molecule has 4 nitrogen and oxygen atoms in total. The summed E-state index contributed by atoms with van der Waals surface area (Å²) < 4.78 is 5.01. The SMILES string of the molecule is COCCN(CCO)C(=O)C1CCCC1(C)C. The molecule has 1 aliphatic rings. The monoisotopic (exact) mass is 243 g/mol. The molecule has 0 aromatic rings. The number of amides is 1. The number of hydrogen-bond donors (Lipinski definition) is 1. The molecule has 0 heterocycles. The lowest BCUT2D eigenvalue weighted by molar-refractivity contribution is -0.139. The maximum absolute atomic E-state index is 12.4. The summed E-state index contributed by atoms with van der Waals surface area (Å²) in [4.78, 5) is 14.2. The van der Waals surface area contributed by atoms with Crippen LogP contribution < -0.4 is 0 Å². The molecule has 4 heteroatoms. The van der Waals surface area contributed by atoms with Crippen molar-refractivity contribution in [2.45, 2.75) is 33.1 Å². The maximum Gasteiger partial charge on any atom is 0.226 e. The van der Waals surface area contributed by atoms with Gasteiger partial charge in [-0.15, -0.1) is 0 Å². The molecule has 1 amide bonds. The zero-order valence-corrected chi connectivity index (χ0v) is 11.2. The van der Waals surface area contributed by atoms with Crippen LogP contribution in [0.1, 0.15) is 33.1 Å². The molecule has 0 radical (unpaired) electrons. The van der Waals surface area contributed by atoms with Gasteiger partial charge in [0.25, 0.3) is 0 Å². The molecule has 1 unspecified atom stereocenters. The van der Waals surface area contributed by atoms with E-state index in [0.29, 0.717) is 19.7 Å². The standard InChI is InChI=1S/C13H25NO3/c1-13(2)6-4-5-11(13)12(16)14(7-9-15)8-10-17-3/h11,15H,4-10H2,1-3H3. The smallest absolute Gasteiger partial charge is 0.226 e. The zero-order valence-electron chi connectivity index (χ0n) is 11.2. The van der Waals surface area contributed by atoms with Gasteiger partial charge >= 0.3 is 0 Å². The van der Waals surface area contributed by atoms with E-state index in [1.165, 1.54) is 0 Å². The van der Waals surface area contributed by atoms with Crippen LogP contribution in [0.5, 0.6) is 0 Å². The molecular formula is C13H25NO3. The number of aliphatic hydroxyl groups is 1. The molecule has 17 heavy (non-hydrogen) atoms. The summed E-state index contributed by atoms with van der Waals surface area (Å²) in [6.45, 7) is 5.85. The number of rotatable bonds is 6. The van der Waals surface area contributed by atoms with Gasteiger partial charge in [0.2, 0.25) is 5.91 Å². The average Bonchev–Trinajstić information content (AvgIpc) is 2.63. The van der Waals surface area contributed by atoms with Crippen molar-refractivity contribution in [2.75, 3.05) is 33.4 Å². The Bertz CT molecular complexity index is 253. The summed E-state index contributed by atoms with van der Waals surface area (Å²) in [7, 11) is 1.63. The zero-order chi connectivity index (χ0) is 12.9. The van der Waals surface area contributed by atoms with Crippen molar-refractivity contribution < 1.29 is 14.6 Å². The van der Waals surface area contributed by atoms with E-state index >= 15 is 0 Å². The van der Waals surface area contributed by atoms with E-state index in [0.717, 1.165) is 19.3 Å². The fourth-order valence-electron chi connectivity index (χ4n) is 2.66. The number of nitrogens with zero attached hydrogens (tertiary/aromatic N) is 1. The highest BCUT2D eigenvalue weighted by Gasteiger charge is 2.40. The van der Waals surface area contributed by atoms with E-state index in [1.807, 2.05) is 0 Å². The van der Waals surface area contributed by atoms with E-state index < -0.39 is 0 Å². The molecular weight excluding hydrogens is 218 g/mol. The third-order valence-corrected chi connectivity index (χ3v) is 3.80. The molecule has 0 aromatic carbocycles. The highest BCUT2D eigenvalue weighted by Crippen LogP contribution is 2.43. The minimum Gasteiger partial charge on any atom is -0.395 e. The lowest BCUT2D eigenvalue weighted by Crippen LogP contribution is -2.43. The Morgan fingerprint density at radius 2 is 2.18 bits per heavy atom. The number of carbonyl (C=O) groups is 1. The Balaban J connectivity index is 2.63. The second-order valence-corrected chi connectivity index (χ2v) is 5.48. The molecule has 0 bridgehead atoms. The van der Waals surface area contributed by atoms with Crippen molar-refractivity contribution in [3.63, 3.8) is 0 Å². The first-order valence-corrected chi connectivity index (χ1v) is 6.41. The van der Waals surface area contributed by atoms with E-state index in [4.69, 9.17) is 9.84 Å². The van der Waals surface area contributed by atoms with E-state index in [-0.39, 0.29) is 23.8 Å². The van der Waals surface area contributed by atoms with Crippen LogP contribution in [0.25, 0.3) is 0 Å². The molecule has 1 atom stereocenters. The molecule has 0 aromatic heterocycles. The predicted octanol–water partition coefficient (Wildman–Crippen LogP) is 1.28. The summed E-state index contributed by atoms with van der Waals surface area (Å²) in [5.74, 6) is 0.282. The molecule has 0 saturated heterocycles. The van der Waals surface area contributed by atoms with Crippen LogP contribution in [-0.2, 0) is 9.53 Å². The van der Waals surface area contributed by atoms with Gasteiger partial charge in [-0.05, 0) is 18.3 Å². The van der Waals surface area contributed by atoms with Gasteiger partial charge in [-0.25, -0.2) is 0 Å². The quantitative estimate of drug-likeness (QED) is 0.764. The second-order valence-electron chi connectivity index (χ2n) is 5.48. The van der Waals surface area contributed by atoms with E-state index in [9.17, 15) is 4.79 Å². The van der Waals surface area contributed by atoms with Crippen molar-refractivity contribution in [3.8, 4) is 0 Å². The molecule has 1 aliphatic carbocycles. The normalized spacial score (nSPS) is 22.7. The molecule has 0 spiro atoms. The highest BCUT2D eigenvalue weighted by atomic mass is 16.5. The minimum absolute atomic E-state index is 0.0165. The van der Waals surface area contributed by atoms with Crippen LogP contribution in [0.3, 0.4) is 0 Å². The van der Waals surface area contributed by atoms with E-state index in [1.54, 1.807) is 12.0 Å². The lowest BCUT2D eigenvalue weighted by atomic mass is 9.81. The van der Waals surface area contributed by atoms with E-state index in [2.05, 4.69) is 13.8 Å². The molecule has 100 valence electrons. The Morgan fingerprint density at radius 3 is 2.65 bits per heavy atom. The minimum atomic E-state index is 0.0165. The highest BCUT2D eigenvalue weighted by molar-refractivity contribution is 5.80. The topological polar surface area (TPSA) is 49.8 Å². The summed E-state index contributed by atoms with van der Waals surface area (Å²) in [5, 5.41) is 9.02. The van der Waals surface area contributed by atoms with Crippen LogP contribution in [0, 0.1) is 11.3 Å². The van der Waals surface area contributed by atoms with Gasteiger partial charge in [0.15, 0.2) is 0 Å². The van der Waals surface area contributed by atoms with Crippen LogP contribution in [0.2, 0.25) is 0 Å². The molecule has 1 saturated carbocycles.